The molecule has 2 heterocycles. The van der Waals surface area contributed by atoms with E-state index in [9.17, 15) is 14.4 Å². The van der Waals surface area contributed by atoms with Crippen molar-refractivity contribution in [2.75, 3.05) is 20.8 Å². The number of carbonyl (C=O) groups excluding carboxylic acids is 3. The minimum Gasteiger partial charge on any atom is -0.465 e. The normalized spacial score (nSPS) is 25.7. The van der Waals surface area contributed by atoms with Crippen LogP contribution < -0.4 is 0 Å². The molecule has 0 radical (unpaired) electrons. The molecule has 1 saturated heterocycles. The van der Waals surface area contributed by atoms with Crippen molar-refractivity contribution in [3.05, 3.63) is 47.2 Å². The number of methoxy groups -OCH3 is 2. The van der Waals surface area contributed by atoms with Gasteiger partial charge in [-0.2, -0.15) is 0 Å². The first kappa shape index (κ1) is 17.0. The number of fused-ring (bicyclic) bond motifs is 1. The number of morpholine rings is 1. The molecule has 0 spiro atoms. The maximum Gasteiger partial charge on any atom is 0.376 e. The summed E-state index contributed by atoms with van der Waals surface area (Å²) in [7, 11) is 2.31. The number of benzene rings is 1. The molecule has 0 amide bonds. The van der Waals surface area contributed by atoms with Gasteiger partial charge in [0, 0.05) is 0 Å². The SMILES string of the molecule is COC(=O)C1=C(C(=O)OC)C2(c3ccccc3)C(=O)OCC(C)N2O1. The van der Waals surface area contributed by atoms with Gasteiger partial charge in [0.1, 0.15) is 12.2 Å². The van der Waals surface area contributed by atoms with Crippen LogP contribution in [0, 0.1) is 0 Å². The van der Waals surface area contributed by atoms with Gasteiger partial charge in [0.2, 0.25) is 11.3 Å². The third kappa shape index (κ3) is 2.29. The van der Waals surface area contributed by atoms with E-state index >= 15 is 0 Å². The van der Waals surface area contributed by atoms with Crippen LogP contribution in [0.5, 0.6) is 0 Å². The Balaban J connectivity index is 2.34. The number of hydrogen-bond donors (Lipinski definition) is 0. The maximum atomic E-state index is 12.9. The Morgan fingerprint density at radius 1 is 1.16 bits per heavy atom. The average molecular weight is 347 g/mol. The molecule has 2 aliphatic rings. The molecule has 132 valence electrons. The van der Waals surface area contributed by atoms with Crippen LogP contribution in [0.1, 0.15) is 12.5 Å². The summed E-state index contributed by atoms with van der Waals surface area (Å²) in [5.41, 5.74) is -1.58. The molecule has 8 heteroatoms. The van der Waals surface area contributed by atoms with Crippen LogP contribution in [-0.2, 0) is 39.0 Å². The number of esters is 3. The van der Waals surface area contributed by atoms with Gasteiger partial charge >= 0.3 is 17.9 Å². The molecule has 2 aliphatic heterocycles. The van der Waals surface area contributed by atoms with Gasteiger partial charge in [0.25, 0.3) is 0 Å². The van der Waals surface area contributed by atoms with Crippen molar-refractivity contribution in [3.63, 3.8) is 0 Å². The second-order valence-electron chi connectivity index (χ2n) is 5.63. The molecule has 3 rings (SSSR count). The summed E-state index contributed by atoms with van der Waals surface area (Å²) >= 11 is 0. The van der Waals surface area contributed by atoms with Gasteiger partial charge in [0.05, 0.1) is 20.3 Å². The summed E-state index contributed by atoms with van der Waals surface area (Å²) < 4.78 is 14.8. The maximum absolute atomic E-state index is 12.9. The molecule has 25 heavy (non-hydrogen) atoms. The minimum absolute atomic E-state index is 0.0519. The summed E-state index contributed by atoms with van der Waals surface area (Å²) in [4.78, 5) is 43.2. The number of carbonyl (C=O) groups is 3. The summed E-state index contributed by atoms with van der Waals surface area (Å²) in [6.07, 6.45) is 0. The fourth-order valence-electron chi connectivity index (χ4n) is 3.11. The minimum atomic E-state index is -1.74. The number of cyclic esters (lactones) is 1. The van der Waals surface area contributed by atoms with Gasteiger partial charge in [-0.3, -0.25) is 0 Å². The largest absolute Gasteiger partial charge is 0.465 e. The Hall–Kier alpha value is -2.87. The monoisotopic (exact) mass is 347 g/mol. The summed E-state index contributed by atoms with van der Waals surface area (Å²) in [5, 5.41) is 1.30. The van der Waals surface area contributed by atoms with Crippen LogP contribution in [0.15, 0.2) is 41.7 Å². The molecule has 0 aliphatic carbocycles. The van der Waals surface area contributed by atoms with E-state index in [1.165, 1.54) is 5.06 Å². The summed E-state index contributed by atoms with van der Waals surface area (Å²) in [6.45, 7) is 1.80. The van der Waals surface area contributed by atoms with Gasteiger partial charge in [-0.05, 0) is 12.5 Å². The fourth-order valence-corrected chi connectivity index (χ4v) is 3.11. The van der Waals surface area contributed by atoms with E-state index in [4.69, 9.17) is 19.0 Å². The molecule has 2 atom stereocenters. The highest BCUT2D eigenvalue weighted by Crippen LogP contribution is 2.48. The lowest BCUT2D eigenvalue weighted by Crippen LogP contribution is -2.60. The molecule has 1 aromatic rings. The molecular weight excluding hydrogens is 330 g/mol. The molecule has 8 nitrogen and oxygen atoms in total. The van der Waals surface area contributed by atoms with Crippen LogP contribution in [0.2, 0.25) is 0 Å². The molecular formula is C17H17NO7. The zero-order valence-electron chi connectivity index (χ0n) is 14.0. The second-order valence-corrected chi connectivity index (χ2v) is 5.63. The topological polar surface area (TPSA) is 91.4 Å². The van der Waals surface area contributed by atoms with E-state index < -0.39 is 29.5 Å². The predicted octanol–water partition coefficient (Wildman–Crippen LogP) is 0.674. The van der Waals surface area contributed by atoms with Gasteiger partial charge in [0.15, 0.2) is 0 Å². The van der Waals surface area contributed by atoms with Crippen molar-refractivity contribution < 1.29 is 33.4 Å². The van der Waals surface area contributed by atoms with Gasteiger partial charge in [-0.25, -0.2) is 14.4 Å². The first-order valence-corrected chi connectivity index (χ1v) is 7.59. The highest BCUT2D eigenvalue weighted by atomic mass is 16.7. The number of hydroxylamine groups is 2. The fraction of sp³-hybridized carbons (Fsp3) is 0.353. The number of rotatable bonds is 3. The van der Waals surface area contributed by atoms with E-state index in [-0.39, 0.29) is 17.9 Å². The number of ether oxygens (including phenoxy) is 3. The Morgan fingerprint density at radius 2 is 1.80 bits per heavy atom. The van der Waals surface area contributed by atoms with Crippen LogP contribution >= 0.6 is 0 Å². The smallest absolute Gasteiger partial charge is 0.376 e. The highest BCUT2D eigenvalue weighted by Gasteiger charge is 2.65. The van der Waals surface area contributed by atoms with Crippen molar-refractivity contribution in [2.45, 2.75) is 18.5 Å². The third-order valence-corrected chi connectivity index (χ3v) is 4.21. The van der Waals surface area contributed by atoms with Crippen LogP contribution in [-0.4, -0.2) is 49.8 Å². The Labute approximate surface area is 143 Å². The first-order valence-electron chi connectivity index (χ1n) is 7.59. The van der Waals surface area contributed by atoms with E-state index in [2.05, 4.69) is 0 Å². The van der Waals surface area contributed by atoms with Crippen molar-refractivity contribution >= 4 is 17.9 Å². The Morgan fingerprint density at radius 3 is 2.40 bits per heavy atom. The highest BCUT2D eigenvalue weighted by molar-refractivity contribution is 6.08. The molecule has 0 saturated carbocycles. The lowest BCUT2D eigenvalue weighted by Gasteiger charge is -2.42. The van der Waals surface area contributed by atoms with Crippen molar-refractivity contribution in [3.8, 4) is 0 Å². The van der Waals surface area contributed by atoms with Crippen LogP contribution in [0.4, 0.5) is 0 Å². The third-order valence-electron chi connectivity index (χ3n) is 4.21. The Bertz CT molecular complexity index is 758. The lowest BCUT2D eigenvalue weighted by atomic mass is 9.80. The first-order chi connectivity index (χ1) is 12.0. The van der Waals surface area contributed by atoms with Crippen molar-refractivity contribution in [2.24, 2.45) is 0 Å². The van der Waals surface area contributed by atoms with Gasteiger partial charge in [-0.15, -0.1) is 5.06 Å². The van der Waals surface area contributed by atoms with Gasteiger partial charge < -0.3 is 19.0 Å². The molecule has 1 fully saturated rings. The van der Waals surface area contributed by atoms with Crippen LogP contribution in [0.3, 0.4) is 0 Å². The summed E-state index contributed by atoms with van der Waals surface area (Å²) in [6, 6.07) is 8.07. The van der Waals surface area contributed by atoms with Crippen molar-refractivity contribution in [1.29, 1.82) is 0 Å². The van der Waals surface area contributed by atoms with Crippen LogP contribution in [0.25, 0.3) is 0 Å². The van der Waals surface area contributed by atoms with E-state index in [1.807, 2.05) is 0 Å². The Kier molecular flexibility index (Phi) is 4.22. The second kappa shape index (κ2) is 6.21. The van der Waals surface area contributed by atoms with Gasteiger partial charge in [-0.1, -0.05) is 30.3 Å². The average Bonchev–Trinajstić information content (AvgIpc) is 3.02. The standard InChI is InChI=1S/C17H17NO7/c1-10-9-24-16(21)17(11-7-5-4-6-8-11)12(14(19)22-2)13(15(20)23-3)25-18(10)17/h4-8,10H,9H2,1-3H3. The molecule has 2 unspecified atom stereocenters. The molecule has 0 aromatic heterocycles. The molecule has 0 bridgehead atoms. The predicted molar refractivity (Wildman–Crippen MR) is 82.5 cm³/mol. The number of nitrogens with zero attached hydrogens (tertiary/aromatic N) is 1. The van der Waals surface area contributed by atoms with Crippen molar-refractivity contribution in [1.82, 2.24) is 5.06 Å². The van der Waals surface area contributed by atoms with E-state index in [0.29, 0.717) is 5.56 Å². The quantitative estimate of drug-likeness (QED) is 0.582. The zero-order valence-corrected chi connectivity index (χ0v) is 14.0. The molecule has 1 aromatic carbocycles. The number of hydrogen-bond acceptors (Lipinski definition) is 8. The lowest BCUT2D eigenvalue weighted by molar-refractivity contribution is -0.235. The van der Waals surface area contributed by atoms with E-state index in [1.54, 1.807) is 37.3 Å². The van der Waals surface area contributed by atoms with E-state index in [0.717, 1.165) is 14.2 Å². The summed E-state index contributed by atoms with van der Waals surface area (Å²) in [5.74, 6) is -2.87. The zero-order chi connectivity index (χ0) is 18.2. The molecule has 0 N–H and O–H groups in total.